The summed E-state index contributed by atoms with van der Waals surface area (Å²) in [7, 11) is 2.16. The topological polar surface area (TPSA) is 42.1 Å². The SMILES string of the molecule is CCC(N)CCN(C)CCc1ccncc1. The fourth-order valence-corrected chi connectivity index (χ4v) is 1.57. The van der Waals surface area contributed by atoms with Gasteiger partial charge in [-0.3, -0.25) is 4.98 Å². The van der Waals surface area contributed by atoms with Gasteiger partial charge in [0.15, 0.2) is 0 Å². The van der Waals surface area contributed by atoms with E-state index in [2.05, 4.69) is 36.0 Å². The number of likely N-dealkylation sites (N-methyl/N-ethyl adjacent to an activating group) is 1. The van der Waals surface area contributed by atoms with Crippen LogP contribution in [0.4, 0.5) is 0 Å². The van der Waals surface area contributed by atoms with Gasteiger partial charge in [-0.1, -0.05) is 6.92 Å². The standard InChI is InChI=1S/C13H23N3/c1-3-13(14)7-11-16(2)10-6-12-4-8-15-9-5-12/h4-5,8-9,13H,3,6-7,10-11,14H2,1-2H3. The quantitative estimate of drug-likeness (QED) is 0.762. The van der Waals surface area contributed by atoms with E-state index in [-0.39, 0.29) is 0 Å². The molecular formula is C13H23N3. The van der Waals surface area contributed by atoms with E-state index in [1.165, 1.54) is 5.56 Å². The minimum absolute atomic E-state index is 0.350. The largest absolute Gasteiger partial charge is 0.328 e. The van der Waals surface area contributed by atoms with Crippen LogP contribution in [-0.2, 0) is 6.42 Å². The first-order valence-corrected chi connectivity index (χ1v) is 6.05. The molecule has 90 valence electrons. The van der Waals surface area contributed by atoms with Crippen molar-refractivity contribution in [2.24, 2.45) is 5.73 Å². The molecule has 0 aliphatic carbocycles. The summed E-state index contributed by atoms with van der Waals surface area (Å²) in [6.07, 6.45) is 6.94. The lowest BCUT2D eigenvalue weighted by molar-refractivity contribution is 0.320. The van der Waals surface area contributed by atoms with Crippen molar-refractivity contribution in [3.05, 3.63) is 30.1 Å². The molecular weight excluding hydrogens is 198 g/mol. The van der Waals surface area contributed by atoms with E-state index < -0.39 is 0 Å². The van der Waals surface area contributed by atoms with Gasteiger partial charge in [0.2, 0.25) is 0 Å². The monoisotopic (exact) mass is 221 g/mol. The van der Waals surface area contributed by atoms with Crippen molar-refractivity contribution in [1.29, 1.82) is 0 Å². The van der Waals surface area contributed by atoms with Gasteiger partial charge >= 0.3 is 0 Å². The van der Waals surface area contributed by atoms with Gasteiger partial charge in [0, 0.05) is 25.0 Å². The van der Waals surface area contributed by atoms with Gasteiger partial charge in [0.05, 0.1) is 0 Å². The summed E-state index contributed by atoms with van der Waals surface area (Å²) in [4.78, 5) is 6.36. The third-order valence-electron chi connectivity index (χ3n) is 2.94. The van der Waals surface area contributed by atoms with Crippen molar-refractivity contribution in [3.8, 4) is 0 Å². The van der Waals surface area contributed by atoms with Gasteiger partial charge in [0.1, 0.15) is 0 Å². The van der Waals surface area contributed by atoms with Crippen molar-refractivity contribution < 1.29 is 0 Å². The summed E-state index contributed by atoms with van der Waals surface area (Å²) >= 11 is 0. The number of hydrogen-bond donors (Lipinski definition) is 1. The highest BCUT2D eigenvalue weighted by molar-refractivity contribution is 5.09. The first-order valence-electron chi connectivity index (χ1n) is 6.05. The van der Waals surface area contributed by atoms with Crippen LogP contribution in [0.5, 0.6) is 0 Å². The van der Waals surface area contributed by atoms with E-state index in [0.717, 1.165) is 32.4 Å². The summed E-state index contributed by atoms with van der Waals surface area (Å²) in [5.74, 6) is 0. The first kappa shape index (κ1) is 13.1. The lowest BCUT2D eigenvalue weighted by Crippen LogP contribution is -2.28. The Morgan fingerprint density at radius 3 is 2.62 bits per heavy atom. The molecule has 0 amide bonds. The van der Waals surface area contributed by atoms with Crippen molar-refractivity contribution in [2.75, 3.05) is 20.1 Å². The minimum atomic E-state index is 0.350. The van der Waals surface area contributed by atoms with Crippen molar-refractivity contribution >= 4 is 0 Å². The second-order valence-corrected chi connectivity index (χ2v) is 4.37. The third-order valence-corrected chi connectivity index (χ3v) is 2.94. The Balaban J connectivity index is 2.18. The summed E-state index contributed by atoms with van der Waals surface area (Å²) in [6.45, 7) is 4.31. The Morgan fingerprint density at radius 1 is 1.31 bits per heavy atom. The molecule has 16 heavy (non-hydrogen) atoms. The van der Waals surface area contributed by atoms with Gasteiger partial charge in [-0.25, -0.2) is 0 Å². The molecule has 1 unspecified atom stereocenters. The molecule has 0 spiro atoms. The molecule has 0 aromatic carbocycles. The molecule has 1 aromatic rings. The first-order chi connectivity index (χ1) is 7.72. The molecule has 0 fully saturated rings. The van der Waals surface area contributed by atoms with Crippen LogP contribution < -0.4 is 5.73 Å². The van der Waals surface area contributed by atoms with Crippen LogP contribution >= 0.6 is 0 Å². The van der Waals surface area contributed by atoms with E-state index in [9.17, 15) is 0 Å². The molecule has 0 aliphatic rings. The molecule has 1 rings (SSSR count). The fraction of sp³-hybridized carbons (Fsp3) is 0.615. The number of hydrogen-bond acceptors (Lipinski definition) is 3. The smallest absolute Gasteiger partial charge is 0.0270 e. The van der Waals surface area contributed by atoms with E-state index in [0.29, 0.717) is 6.04 Å². The van der Waals surface area contributed by atoms with E-state index in [1.54, 1.807) is 0 Å². The maximum absolute atomic E-state index is 5.89. The Labute approximate surface area is 98.7 Å². The molecule has 0 aliphatic heterocycles. The molecule has 1 heterocycles. The number of nitrogens with two attached hydrogens (primary N) is 1. The summed E-state index contributed by atoms with van der Waals surface area (Å²) in [5, 5.41) is 0. The zero-order valence-electron chi connectivity index (χ0n) is 10.4. The highest BCUT2D eigenvalue weighted by atomic mass is 15.1. The fourth-order valence-electron chi connectivity index (χ4n) is 1.57. The Morgan fingerprint density at radius 2 is 2.00 bits per heavy atom. The van der Waals surface area contributed by atoms with Gasteiger partial charge in [-0.15, -0.1) is 0 Å². The predicted octanol–water partition coefficient (Wildman–Crippen LogP) is 1.68. The average molecular weight is 221 g/mol. The second-order valence-electron chi connectivity index (χ2n) is 4.37. The predicted molar refractivity (Wildman–Crippen MR) is 68.3 cm³/mol. The molecule has 0 radical (unpaired) electrons. The van der Waals surface area contributed by atoms with Gasteiger partial charge in [-0.05, 0) is 50.6 Å². The van der Waals surface area contributed by atoms with E-state index >= 15 is 0 Å². The Bertz CT molecular complexity index is 274. The maximum Gasteiger partial charge on any atom is 0.0270 e. The molecule has 0 saturated heterocycles. The average Bonchev–Trinajstić information content (AvgIpc) is 2.34. The minimum Gasteiger partial charge on any atom is -0.328 e. The number of nitrogens with zero attached hydrogens (tertiary/aromatic N) is 2. The van der Waals surface area contributed by atoms with Crippen LogP contribution in [0.2, 0.25) is 0 Å². The molecule has 1 atom stereocenters. The molecule has 0 bridgehead atoms. The Hall–Kier alpha value is -0.930. The van der Waals surface area contributed by atoms with Crippen molar-refractivity contribution in [1.82, 2.24) is 9.88 Å². The highest BCUT2D eigenvalue weighted by Gasteiger charge is 2.03. The molecule has 2 N–H and O–H groups in total. The highest BCUT2D eigenvalue weighted by Crippen LogP contribution is 2.00. The van der Waals surface area contributed by atoms with Crippen LogP contribution in [0.15, 0.2) is 24.5 Å². The number of pyridine rings is 1. The van der Waals surface area contributed by atoms with Gasteiger partial charge in [0.25, 0.3) is 0 Å². The molecule has 3 nitrogen and oxygen atoms in total. The van der Waals surface area contributed by atoms with Crippen LogP contribution in [-0.4, -0.2) is 36.1 Å². The lowest BCUT2D eigenvalue weighted by atomic mass is 10.1. The van der Waals surface area contributed by atoms with Crippen LogP contribution in [0, 0.1) is 0 Å². The van der Waals surface area contributed by atoms with Crippen LogP contribution in [0.1, 0.15) is 25.3 Å². The normalized spacial score (nSPS) is 13.0. The van der Waals surface area contributed by atoms with Gasteiger partial charge in [-0.2, -0.15) is 0 Å². The zero-order chi connectivity index (χ0) is 11.8. The van der Waals surface area contributed by atoms with Crippen LogP contribution in [0.3, 0.4) is 0 Å². The molecule has 3 heteroatoms. The summed E-state index contributed by atoms with van der Waals surface area (Å²) < 4.78 is 0. The van der Waals surface area contributed by atoms with Crippen molar-refractivity contribution in [3.63, 3.8) is 0 Å². The Kier molecular flexibility index (Phi) is 6.04. The summed E-state index contributed by atoms with van der Waals surface area (Å²) in [6, 6.07) is 4.50. The van der Waals surface area contributed by atoms with E-state index in [1.807, 2.05) is 12.4 Å². The molecule has 0 saturated carbocycles. The van der Waals surface area contributed by atoms with Gasteiger partial charge < -0.3 is 10.6 Å². The van der Waals surface area contributed by atoms with Crippen molar-refractivity contribution in [2.45, 2.75) is 32.2 Å². The summed E-state index contributed by atoms with van der Waals surface area (Å²) in [5.41, 5.74) is 7.24. The van der Waals surface area contributed by atoms with Crippen LogP contribution in [0.25, 0.3) is 0 Å². The number of aromatic nitrogens is 1. The maximum atomic E-state index is 5.89. The lowest BCUT2D eigenvalue weighted by Gasteiger charge is -2.18. The zero-order valence-corrected chi connectivity index (χ0v) is 10.4. The van der Waals surface area contributed by atoms with E-state index in [4.69, 9.17) is 5.73 Å². The third kappa shape index (κ3) is 5.24. The second kappa shape index (κ2) is 7.36. The molecule has 1 aromatic heterocycles. The number of rotatable bonds is 7.